The van der Waals surface area contributed by atoms with E-state index in [9.17, 15) is 22.4 Å². The fourth-order valence-electron chi connectivity index (χ4n) is 1.29. The van der Waals surface area contributed by atoms with Crippen molar-refractivity contribution in [2.24, 2.45) is 0 Å². The molecule has 7 heteroatoms. The Morgan fingerprint density at radius 2 is 2.00 bits per heavy atom. The number of Topliss-reactive ketones (excluding diaryl/α,β-unsaturated/α-hetero) is 1. The highest BCUT2D eigenvalue weighted by molar-refractivity contribution is 6.30. The van der Waals surface area contributed by atoms with Gasteiger partial charge in [0.25, 0.3) is 0 Å². The first kappa shape index (κ1) is 13.5. The van der Waals surface area contributed by atoms with Gasteiger partial charge < -0.3 is 0 Å². The van der Waals surface area contributed by atoms with Crippen molar-refractivity contribution < 1.29 is 22.4 Å². The first-order valence-corrected chi connectivity index (χ1v) is 4.74. The van der Waals surface area contributed by atoms with Crippen LogP contribution < -0.4 is 0 Å². The van der Waals surface area contributed by atoms with Crippen molar-refractivity contribution in [1.82, 2.24) is 0 Å². The molecule has 0 unspecified atom stereocenters. The average molecular weight is 266 g/mol. The number of carbonyl (C=O) groups excluding carboxylic acids is 1. The predicted octanol–water partition coefficient (Wildman–Crippen LogP) is 3.14. The van der Waals surface area contributed by atoms with Crippen molar-refractivity contribution in [3.8, 4) is 6.07 Å². The first-order valence-electron chi connectivity index (χ1n) is 4.21. The number of ketones is 1. The molecule has 0 amide bonds. The van der Waals surface area contributed by atoms with Crippen LogP contribution in [0.1, 0.15) is 21.5 Å². The van der Waals surface area contributed by atoms with Gasteiger partial charge in [-0.05, 0) is 12.1 Å². The zero-order chi connectivity index (χ0) is 13.2. The van der Waals surface area contributed by atoms with E-state index in [4.69, 9.17) is 16.9 Å². The van der Waals surface area contributed by atoms with E-state index in [1.165, 1.54) is 6.07 Å². The van der Waals surface area contributed by atoms with Crippen LogP contribution in [-0.4, -0.2) is 11.7 Å². The zero-order valence-electron chi connectivity index (χ0n) is 8.11. The molecule has 90 valence electrons. The molecule has 0 aliphatic rings. The number of rotatable bonds is 2. The minimum atomic E-state index is -4.92. The molecule has 0 fully saturated rings. The highest BCUT2D eigenvalue weighted by atomic mass is 35.5. The molecular formula is C10H4ClF4NO. The summed E-state index contributed by atoms with van der Waals surface area (Å²) in [6, 6.07) is 2.06. The number of nitrogens with zero attached hydrogens (tertiary/aromatic N) is 1. The van der Waals surface area contributed by atoms with E-state index in [2.05, 4.69) is 0 Å². The molecule has 1 aromatic carbocycles. The summed E-state index contributed by atoms with van der Waals surface area (Å²) in [5.74, 6) is -2.91. The molecule has 0 atom stereocenters. The molecule has 0 spiro atoms. The van der Waals surface area contributed by atoms with Gasteiger partial charge in [0.2, 0.25) is 0 Å². The second-order valence-electron chi connectivity index (χ2n) is 3.04. The monoisotopic (exact) mass is 265 g/mol. The number of nitriles is 1. The average Bonchev–Trinajstić information content (AvgIpc) is 2.24. The molecule has 0 aliphatic carbocycles. The van der Waals surface area contributed by atoms with Crippen LogP contribution >= 0.6 is 11.6 Å². The lowest BCUT2D eigenvalue weighted by Gasteiger charge is -2.13. The summed E-state index contributed by atoms with van der Waals surface area (Å²) in [6.07, 6.45) is -4.92. The summed E-state index contributed by atoms with van der Waals surface area (Å²) in [5.41, 5.74) is -3.32. The highest BCUT2D eigenvalue weighted by Crippen LogP contribution is 2.35. The van der Waals surface area contributed by atoms with E-state index in [-0.39, 0.29) is 0 Å². The molecule has 2 nitrogen and oxygen atoms in total. The lowest BCUT2D eigenvalue weighted by molar-refractivity contribution is -0.138. The predicted molar refractivity (Wildman–Crippen MR) is 51.2 cm³/mol. The largest absolute Gasteiger partial charge is 0.418 e. The number of hydrogen-bond donors (Lipinski definition) is 0. The molecule has 0 aromatic heterocycles. The van der Waals surface area contributed by atoms with E-state index in [0.29, 0.717) is 12.1 Å². The summed E-state index contributed by atoms with van der Waals surface area (Å²) < 4.78 is 50.9. The Labute approximate surface area is 98.4 Å². The van der Waals surface area contributed by atoms with Crippen molar-refractivity contribution >= 4 is 17.4 Å². The first-order chi connectivity index (χ1) is 7.81. The van der Waals surface area contributed by atoms with Crippen LogP contribution in [0.4, 0.5) is 17.6 Å². The smallest absolute Gasteiger partial charge is 0.293 e. The quantitative estimate of drug-likeness (QED) is 0.468. The van der Waals surface area contributed by atoms with Crippen molar-refractivity contribution in [2.75, 3.05) is 5.88 Å². The normalized spacial score (nSPS) is 11.1. The maximum Gasteiger partial charge on any atom is 0.418 e. The number of hydrogen-bond acceptors (Lipinski definition) is 2. The fourth-order valence-corrected chi connectivity index (χ4v) is 1.44. The molecule has 0 saturated carbocycles. The van der Waals surface area contributed by atoms with Crippen molar-refractivity contribution in [3.63, 3.8) is 0 Å². The molecular weight excluding hydrogens is 262 g/mol. The summed E-state index contributed by atoms with van der Waals surface area (Å²) in [4.78, 5) is 11.2. The van der Waals surface area contributed by atoms with Crippen molar-refractivity contribution in [1.29, 1.82) is 5.26 Å². The minimum absolute atomic E-state index is 0.424. The van der Waals surface area contributed by atoms with Crippen LogP contribution in [-0.2, 0) is 6.18 Å². The van der Waals surface area contributed by atoms with E-state index in [1.54, 1.807) is 0 Å². The number of halogens is 5. The third kappa shape index (κ3) is 2.74. The van der Waals surface area contributed by atoms with Crippen molar-refractivity contribution in [2.45, 2.75) is 6.18 Å². The standard InChI is InChI=1S/C10H4ClF4NO/c11-3-8(17)7-2-6(12)1-5(4-16)9(7)10(13,14)15/h1-2H,3H2. The van der Waals surface area contributed by atoms with Crippen LogP contribution in [0, 0.1) is 17.1 Å². The Kier molecular flexibility index (Phi) is 3.73. The molecule has 1 rings (SSSR count). The van der Waals surface area contributed by atoms with Gasteiger partial charge in [-0.3, -0.25) is 4.79 Å². The Hall–Kier alpha value is -1.61. The van der Waals surface area contributed by atoms with Crippen molar-refractivity contribution in [3.05, 3.63) is 34.6 Å². The Bertz CT molecular complexity index is 504. The van der Waals surface area contributed by atoms with Gasteiger partial charge in [-0.15, -0.1) is 11.6 Å². The van der Waals surface area contributed by atoms with Gasteiger partial charge in [0.1, 0.15) is 5.82 Å². The summed E-state index contributed by atoms with van der Waals surface area (Å²) >= 11 is 5.13. The lowest BCUT2D eigenvalue weighted by Crippen LogP contribution is -2.16. The zero-order valence-corrected chi connectivity index (χ0v) is 8.86. The van der Waals surface area contributed by atoms with E-state index < -0.39 is 40.3 Å². The van der Waals surface area contributed by atoms with Gasteiger partial charge in [-0.1, -0.05) is 0 Å². The maximum atomic E-state index is 13.0. The summed E-state index contributed by atoms with van der Waals surface area (Å²) in [6.45, 7) is 0. The molecule has 0 saturated heterocycles. The number of carbonyl (C=O) groups is 1. The minimum Gasteiger partial charge on any atom is -0.293 e. The molecule has 17 heavy (non-hydrogen) atoms. The Balaban J connectivity index is 3.63. The SMILES string of the molecule is N#Cc1cc(F)cc(C(=O)CCl)c1C(F)(F)F. The topological polar surface area (TPSA) is 40.9 Å². The van der Waals surface area contributed by atoms with Crippen LogP contribution in [0.2, 0.25) is 0 Å². The van der Waals surface area contributed by atoms with Crippen LogP contribution in [0.15, 0.2) is 12.1 Å². The Morgan fingerprint density at radius 3 is 2.41 bits per heavy atom. The van der Waals surface area contributed by atoms with E-state index in [0.717, 1.165) is 0 Å². The van der Waals surface area contributed by atoms with Crippen LogP contribution in [0.3, 0.4) is 0 Å². The summed E-state index contributed by atoms with van der Waals surface area (Å²) in [7, 11) is 0. The number of alkyl halides is 4. The molecule has 0 heterocycles. The lowest BCUT2D eigenvalue weighted by atomic mass is 9.98. The van der Waals surface area contributed by atoms with Gasteiger partial charge in [0.15, 0.2) is 5.78 Å². The second kappa shape index (κ2) is 4.72. The van der Waals surface area contributed by atoms with Gasteiger partial charge in [-0.25, -0.2) is 4.39 Å². The number of benzene rings is 1. The van der Waals surface area contributed by atoms with Crippen LogP contribution in [0.25, 0.3) is 0 Å². The van der Waals surface area contributed by atoms with E-state index >= 15 is 0 Å². The third-order valence-electron chi connectivity index (χ3n) is 1.93. The molecule has 0 radical (unpaired) electrons. The molecule has 1 aromatic rings. The Morgan fingerprint density at radius 1 is 1.41 bits per heavy atom. The maximum absolute atomic E-state index is 13.0. The second-order valence-corrected chi connectivity index (χ2v) is 3.31. The summed E-state index contributed by atoms with van der Waals surface area (Å²) in [5, 5.41) is 8.52. The van der Waals surface area contributed by atoms with E-state index in [1.807, 2.05) is 0 Å². The molecule has 0 N–H and O–H groups in total. The van der Waals surface area contributed by atoms with Crippen LogP contribution in [0.5, 0.6) is 0 Å². The third-order valence-corrected chi connectivity index (χ3v) is 2.17. The van der Waals surface area contributed by atoms with Gasteiger partial charge in [-0.2, -0.15) is 18.4 Å². The highest BCUT2D eigenvalue weighted by Gasteiger charge is 2.38. The van der Waals surface area contributed by atoms with Gasteiger partial charge in [0, 0.05) is 5.56 Å². The molecule has 0 bridgehead atoms. The fraction of sp³-hybridized carbons (Fsp3) is 0.200. The van der Waals surface area contributed by atoms with Gasteiger partial charge >= 0.3 is 6.18 Å². The van der Waals surface area contributed by atoms with Gasteiger partial charge in [0.05, 0.1) is 23.1 Å². The molecule has 0 aliphatic heterocycles.